The van der Waals surface area contributed by atoms with Gasteiger partial charge in [-0.1, -0.05) is 11.3 Å². The molecule has 1 aromatic heterocycles. The maximum Gasteiger partial charge on any atom is 0.240 e. The van der Waals surface area contributed by atoms with Crippen molar-refractivity contribution in [2.75, 3.05) is 26.0 Å². The predicted molar refractivity (Wildman–Crippen MR) is 68.7 cm³/mol. The molecular formula is C11H13N3O2S. The minimum Gasteiger partial charge on any atom is -0.497 e. The Morgan fingerprint density at radius 2 is 2.35 bits per heavy atom. The molecule has 0 aliphatic heterocycles. The Labute approximate surface area is 103 Å². The van der Waals surface area contributed by atoms with E-state index in [0.29, 0.717) is 5.13 Å². The third kappa shape index (κ3) is 2.72. The Kier molecular flexibility index (Phi) is 3.55. The molecule has 0 aliphatic carbocycles. The first-order valence-electron chi connectivity index (χ1n) is 5.12. The first-order valence-corrected chi connectivity index (χ1v) is 5.93. The maximum absolute atomic E-state index is 11.4. The molecule has 0 atom stereocenters. The van der Waals surface area contributed by atoms with E-state index in [4.69, 9.17) is 4.74 Å². The topological polar surface area (TPSA) is 63.2 Å². The van der Waals surface area contributed by atoms with Crippen LogP contribution in [0, 0.1) is 0 Å². The van der Waals surface area contributed by atoms with Gasteiger partial charge in [0.1, 0.15) is 5.75 Å². The maximum atomic E-state index is 11.4. The average molecular weight is 251 g/mol. The van der Waals surface area contributed by atoms with Crippen LogP contribution in [0.2, 0.25) is 0 Å². The van der Waals surface area contributed by atoms with Gasteiger partial charge in [0, 0.05) is 0 Å². The fraction of sp³-hybridized carbons (Fsp3) is 0.273. The molecule has 6 heteroatoms. The van der Waals surface area contributed by atoms with Gasteiger partial charge in [-0.3, -0.25) is 4.79 Å². The molecule has 0 aliphatic rings. The van der Waals surface area contributed by atoms with E-state index >= 15 is 0 Å². The number of carbonyl (C=O) groups excluding carboxylic acids is 1. The van der Waals surface area contributed by atoms with Crippen molar-refractivity contribution in [1.29, 1.82) is 0 Å². The van der Waals surface area contributed by atoms with Crippen LogP contribution in [-0.2, 0) is 4.79 Å². The van der Waals surface area contributed by atoms with Crippen molar-refractivity contribution >= 4 is 32.6 Å². The molecule has 90 valence electrons. The zero-order valence-electron chi connectivity index (χ0n) is 9.61. The summed E-state index contributed by atoms with van der Waals surface area (Å²) < 4.78 is 6.12. The molecule has 0 saturated heterocycles. The lowest BCUT2D eigenvalue weighted by atomic mass is 10.3. The highest BCUT2D eigenvalue weighted by Gasteiger charge is 2.07. The van der Waals surface area contributed by atoms with E-state index in [1.54, 1.807) is 14.2 Å². The Balaban J connectivity index is 2.22. The lowest BCUT2D eigenvalue weighted by Crippen LogP contribution is -2.24. The number of benzene rings is 1. The normalized spacial score (nSPS) is 10.5. The summed E-state index contributed by atoms with van der Waals surface area (Å²) >= 11 is 1.43. The van der Waals surface area contributed by atoms with Crippen LogP contribution in [0.3, 0.4) is 0 Å². The van der Waals surface area contributed by atoms with Crippen LogP contribution in [0.5, 0.6) is 5.75 Å². The molecule has 2 rings (SSSR count). The highest BCUT2D eigenvalue weighted by Crippen LogP contribution is 2.28. The average Bonchev–Trinajstić information content (AvgIpc) is 2.69. The van der Waals surface area contributed by atoms with Gasteiger partial charge in [-0.05, 0) is 25.2 Å². The summed E-state index contributed by atoms with van der Waals surface area (Å²) in [5, 5.41) is 6.12. The van der Waals surface area contributed by atoms with E-state index in [-0.39, 0.29) is 12.5 Å². The third-order valence-corrected chi connectivity index (χ3v) is 3.11. The number of anilines is 1. The van der Waals surface area contributed by atoms with Gasteiger partial charge >= 0.3 is 0 Å². The molecule has 17 heavy (non-hydrogen) atoms. The molecule has 1 heterocycles. The highest BCUT2D eigenvalue weighted by molar-refractivity contribution is 7.22. The summed E-state index contributed by atoms with van der Waals surface area (Å²) in [4.78, 5) is 15.7. The summed E-state index contributed by atoms with van der Waals surface area (Å²) in [6, 6.07) is 5.63. The number of hydrogen-bond acceptors (Lipinski definition) is 5. The van der Waals surface area contributed by atoms with E-state index in [0.717, 1.165) is 16.0 Å². The standard InChI is InChI=1S/C11H13N3O2S/c1-12-6-10(15)14-11-13-8-4-3-7(16-2)5-9(8)17-11/h3-5,12H,6H2,1-2H3,(H,13,14,15). The summed E-state index contributed by atoms with van der Waals surface area (Å²) in [6.45, 7) is 0.277. The summed E-state index contributed by atoms with van der Waals surface area (Å²) in [6.07, 6.45) is 0. The lowest BCUT2D eigenvalue weighted by Gasteiger charge is -1.98. The summed E-state index contributed by atoms with van der Waals surface area (Å²) in [5.74, 6) is 0.688. The minimum atomic E-state index is -0.0986. The van der Waals surface area contributed by atoms with Crippen molar-refractivity contribution in [2.24, 2.45) is 0 Å². The van der Waals surface area contributed by atoms with Gasteiger partial charge in [0.05, 0.1) is 23.9 Å². The SMILES string of the molecule is CNCC(=O)Nc1nc2ccc(OC)cc2s1. The van der Waals surface area contributed by atoms with Gasteiger partial charge in [-0.25, -0.2) is 4.98 Å². The van der Waals surface area contributed by atoms with Gasteiger partial charge in [-0.2, -0.15) is 0 Å². The van der Waals surface area contributed by atoms with Gasteiger partial charge in [0.15, 0.2) is 5.13 Å². The van der Waals surface area contributed by atoms with E-state index in [2.05, 4.69) is 15.6 Å². The van der Waals surface area contributed by atoms with Crippen molar-refractivity contribution in [3.8, 4) is 5.75 Å². The fourth-order valence-corrected chi connectivity index (χ4v) is 2.32. The van der Waals surface area contributed by atoms with Crippen molar-refractivity contribution < 1.29 is 9.53 Å². The number of likely N-dealkylation sites (N-methyl/N-ethyl adjacent to an activating group) is 1. The molecule has 5 nitrogen and oxygen atoms in total. The number of thiazole rings is 1. The Morgan fingerprint density at radius 3 is 3.06 bits per heavy atom. The Bertz CT molecular complexity index is 538. The lowest BCUT2D eigenvalue weighted by molar-refractivity contribution is -0.115. The van der Waals surface area contributed by atoms with Crippen LogP contribution in [0.15, 0.2) is 18.2 Å². The summed E-state index contributed by atoms with van der Waals surface area (Å²) in [7, 11) is 3.35. The van der Waals surface area contributed by atoms with Crippen molar-refractivity contribution in [3.05, 3.63) is 18.2 Å². The van der Waals surface area contributed by atoms with Crippen molar-refractivity contribution in [2.45, 2.75) is 0 Å². The number of ether oxygens (including phenoxy) is 1. The second-order valence-electron chi connectivity index (χ2n) is 3.43. The minimum absolute atomic E-state index is 0.0986. The number of carbonyl (C=O) groups is 1. The van der Waals surface area contributed by atoms with E-state index < -0.39 is 0 Å². The highest BCUT2D eigenvalue weighted by atomic mass is 32.1. The summed E-state index contributed by atoms with van der Waals surface area (Å²) in [5.41, 5.74) is 0.857. The third-order valence-electron chi connectivity index (χ3n) is 2.18. The quantitative estimate of drug-likeness (QED) is 0.863. The number of aromatic nitrogens is 1. The molecule has 0 radical (unpaired) electrons. The smallest absolute Gasteiger partial charge is 0.240 e. The first kappa shape index (κ1) is 11.8. The van der Waals surface area contributed by atoms with Crippen molar-refractivity contribution in [3.63, 3.8) is 0 Å². The molecule has 0 unspecified atom stereocenters. The number of rotatable bonds is 4. The molecule has 0 spiro atoms. The van der Waals surface area contributed by atoms with Crippen LogP contribution in [0.4, 0.5) is 5.13 Å². The second-order valence-corrected chi connectivity index (χ2v) is 4.46. The van der Waals surface area contributed by atoms with Gasteiger partial charge < -0.3 is 15.4 Å². The largest absolute Gasteiger partial charge is 0.497 e. The molecule has 1 aromatic carbocycles. The zero-order chi connectivity index (χ0) is 12.3. The molecule has 0 saturated carbocycles. The van der Waals surface area contributed by atoms with Crippen LogP contribution < -0.4 is 15.4 Å². The van der Waals surface area contributed by atoms with Crippen LogP contribution in [-0.4, -0.2) is 31.6 Å². The van der Waals surface area contributed by atoms with Crippen LogP contribution in [0.25, 0.3) is 10.2 Å². The number of amides is 1. The molecule has 0 fully saturated rings. The molecular weight excluding hydrogens is 238 g/mol. The molecule has 2 N–H and O–H groups in total. The molecule has 1 amide bonds. The predicted octanol–water partition coefficient (Wildman–Crippen LogP) is 1.46. The Hall–Kier alpha value is -1.66. The number of nitrogens with zero attached hydrogens (tertiary/aromatic N) is 1. The van der Waals surface area contributed by atoms with Crippen molar-refractivity contribution in [1.82, 2.24) is 10.3 Å². The number of fused-ring (bicyclic) bond motifs is 1. The van der Waals surface area contributed by atoms with Gasteiger partial charge in [0.2, 0.25) is 5.91 Å². The van der Waals surface area contributed by atoms with Gasteiger partial charge in [-0.15, -0.1) is 0 Å². The first-order chi connectivity index (χ1) is 8.22. The van der Waals surface area contributed by atoms with E-state index in [9.17, 15) is 4.79 Å². The van der Waals surface area contributed by atoms with E-state index in [1.165, 1.54) is 11.3 Å². The zero-order valence-corrected chi connectivity index (χ0v) is 10.4. The Morgan fingerprint density at radius 1 is 1.53 bits per heavy atom. The van der Waals surface area contributed by atoms with Gasteiger partial charge in [0.25, 0.3) is 0 Å². The fourth-order valence-electron chi connectivity index (χ4n) is 1.41. The van der Waals surface area contributed by atoms with Crippen LogP contribution >= 0.6 is 11.3 Å². The van der Waals surface area contributed by atoms with Crippen LogP contribution in [0.1, 0.15) is 0 Å². The van der Waals surface area contributed by atoms with E-state index in [1.807, 2.05) is 18.2 Å². The number of hydrogen-bond donors (Lipinski definition) is 2. The second kappa shape index (κ2) is 5.11. The number of methoxy groups -OCH3 is 1. The number of nitrogens with one attached hydrogen (secondary N) is 2. The monoisotopic (exact) mass is 251 g/mol. The molecule has 2 aromatic rings. The molecule has 0 bridgehead atoms.